The Labute approximate surface area is 35.2 Å². The van der Waals surface area contributed by atoms with E-state index in [1.54, 1.807) is 0 Å². The van der Waals surface area contributed by atoms with E-state index in [-0.39, 0.29) is 17.0 Å². The molecule has 0 atom stereocenters. The summed E-state index contributed by atoms with van der Waals surface area (Å²) >= 11 is 0. The molecule has 0 aliphatic carbocycles. The Kier molecular flexibility index (Phi) is 21.4. The molecule has 4 heavy (non-hydrogen) atoms. The van der Waals surface area contributed by atoms with Crippen molar-refractivity contribution in [1.29, 1.82) is 0 Å². The summed E-state index contributed by atoms with van der Waals surface area (Å²) in [7, 11) is -1.08. The summed E-state index contributed by atoms with van der Waals surface area (Å²) in [4.78, 5) is 0. The van der Waals surface area contributed by atoms with Gasteiger partial charge in [-0.25, -0.2) is 0 Å². The first-order chi connectivity index (χ1) is 1.41. The standard InChI is InChI=1S/BrH.O2P/c;1-3-2/h1H;. The summed E-state index contributed by atoms with van der Waals surface area (Å²) in [5, 5.41) is 0. The van der Waals surface area contributed by atoms with Crippen LogP contribution in [0.15, 0.2) is 0 Å². The second-order valence-corrected chi connectivity index (χ2v) is 0.224. The fourth-order valence-corrected chi connectivity index (χ4v) is 0. The molecule has 0 unspecified atom stereocenters. The van der Waals surface area contributed by atoms with Crippen LogP contribution >= 0.6 is 25.3 Å². The number of hydrogen-bond donors (Lipinski definition) is 0. The molecule has 0 aliphatic rings. The Bertz CT molecular complexity index is 27.0. The first-order valence-corrected chi connectivity index (χ1v) is 1.10. The first-order valence-electron chi connectivity index (χ1n) is 0.365. The van der Waals surface area contributed by atoms with Crippen LogP contribution in [0, 0.1) is 0 Å². The average Bonchev–Trinajstić information content (AvgIpc) is 0.918. The van der Waals surface area contributed by atoms with Gasteiger partial charge in [-0.3, -0.25) is 0 Å². The third-order valence-electron chi connectivity index (χ3n) is 0. The molecule has 0 rings (SSSR count). The van der Waals surface area contributed by atoms with Gasteiger partial charge in [0.05, 0.1) is 0 Å². The normalized spacial score (nSPS) is 2.00. The fourth-order valence-electron chi connectivity index (χ4n) is 0. The Morgan fingerprint density at radius 3 is 1.25 bits per heavy atom. The fraction of sp³-hybridized carbons (Fsp3) is 0. The van der Waals surface area contributed by atoms with Gasteiger partial charge in [-0.15, -0.1) is 17.0 Å². The number of halogens is 1. The molecule has 0 heterocycles. The van der Waals surface area contributed by atoms with Crippen molar-refractivity contribution in [2.45, 2.75) is 0 Å². The van der Waals surface area contributed by atoms with Crippen molar-refractivity contribution in [1.82, 2.24) is 0 Å². The van der Waals surface area contributed by atoms with E-state index in [1.807, 2.05) is 0 Å². The molecule has 4 heteroatoms. The van der Waals surface area contributed by atoms with Crippen LogP contribution in [0.4, 0.5) is 0 Å². The Morgan fingerprint density at radius 1 is 1.25 bits per heavy atom. The van der Waals surface area contributed by atoms with Gasteiger partial charge in [0.2, 0.25) is 0 Å². The van der Waals surface area contributed by atoms with Crippen LogP contribution in [0.5, 0.6) is 0 Å². The molecule has 25 valence electrons. The second kappa shape index (κ2) is 9.70. The van der Waals surface area contributed by atoms with E-state index >= 15 is 0 Å². The van der Waals surface area contributed by atoms with E-state index in [0.717, 1.165) is 0 Å². The van der Waals surface area contributed by atoms with Gasteiger partial charge in [-0.05, 0) is 0 Å². The van der Waals surface area contributed by atoms with Crippen molar-refractivity contribution in [3.05, 3.63) is 0 Å². The van der Waals surface area contributed by atoms with E-state index in [2.05, 4.69) is 0 Å². The summed E-state index contributed by atoms with van der Waals surface area (Å²) in [5.74, 6) is 0. The van der Waals surface area contributed by atoms with Gasteiger partial charge < -0.3 is 0 Å². The molecular formula is HBrO2P. The van der Waals surface area contributed by atoms with Crippen LogP contribution in [0.25, 0.3) is 0 Å². The van der Waals surface area contributed by atoms with Gasteiger partial charge in [-0.2, -0.15) is 0 Å². The number of hydrogen-bond acceptors (Lipinski definition) is 2. The first kappa shape index (κ1) is 8.82. The Morgan fingerprint density at radius 2 is 1.25 bits per heavy atom. The molecule has 1 radical (unpaired) electrons. The predicted molar refractivity (Wildman–Crippen MR) is 18.6 cm³/mol. The Balaban J connectivity index is 0. The zero-order valence-electron chi connectivity index (χ0n) is 1.67. The molecule has 0 amide bonds. The van der Waals surface area contributed by atoms with Crippen molar-refractivity contribution < 1.29 is 9.13 Å². The molecule has 0 saturated heterocycles. The van der Waals surface area contributed by atoms with Gasteiger partial charge in [0.1, 0.15) is 0 Å². The molecule has 0 aliphatic heterocycles. The molecule has 0 aromatic rings. The maximum absolute atomic E-state index is 8.35. The molecule has 0 aromatic heterocycles. The minimum atomic E-state index is -1.08. The van der Waals surface area contributed by atoms with Crippen molar-refractivity contribution in [3.63, 3.8) is 0 Å². The summed E-state index contributed by atoms with van der Waals surface area (Å²) < 4.78 is 16.7. The van der Waals surface area contributed by atoms with E-state index in [9.17, 15) is 0 Å². The monoisotopic (exact) mass is 143 g/mol. The van der Waals surface area contributed by atoms with Crippen molar-refractivity contribution in [2.75, 3.05) is 0 Å². The third kappa shape index (κ3) is 22.0. The van der Waals surface area contributed by atoms with Crippen molar-refractivity contribution in [3.8, 4) is 0 Å². The van der Waals surface area contributed by atoms with Gasteiger partial charge in [0.15, 0.2) is 0 Å². The quantitative estimate of drug-likeness (QED) is 0.478. The molecule has 0 aromatic carbocycles. The van der Waals surface area contributed by atoms with Crippen LogP contribution in [0.3, 0.4) is 0 Å². The molecule has 0 spiro atoms. The second-order valence-electron chi connectivity index (χ2n) is 0.0745. The zero-order valence-corrected chi connectivity index (χ0v) is 4.28. The molecule has 0 fully saturated rings. The van der Waals surface area contributed by atoms with Crippen LogP contribution in [0.1, 0.15) is 0 Å². The minimum absolute atomic E-state index is 0. The molecule has 2 nitrogen and oxygen atoms in total. The van der Waals surface area contributed by atoms with Crippen molar-refractivity contribution in [2.24, 2.45) is 0 Å². The van der Waals surface area contributed by atoms with Crippen molar-refractivity contribution >= 4 is 25.3 Å². The number of rotatable bonds is 0. The molecule has 0 N–H and O–H groups in total. The van der Waals surface area contributed by atoms with E-state index < -0.39 is 8.34 Å². The van der Waals surface area contributed by atoms with E-state index in [0.29, 0.717) is 0 Å². The maximum atomic E-state index is 8.35. The average molecular weight is 144 g/mol. The van der Waals surface area contributed by atoms with Gasteiger partial charge in [-0.1, -0.05) is 0 Å². The van der Waals surface area contributed by atoms with Crippen LogP contribution in [-0.2, 0) is 9.13 Å². The molecule has 0 saturated carbocycles. The SMILES string of the molecule is Br.O=[P]=O. The zero-order chi connectivity index (χ0) is 2.71. The summed E-state index contributed by atoms with van der Waals surface area (Å²) in [6.45, 7) is 0. The summed E-state index contributed by atoms with van der Waals surface area (Å²) in [5.41, 5.74) is 0. The topological polar surface area (TPSA) is 34.1 Å². The Hall–Kier alpha value is 0.510. The molecular weight excluding hydrogens is 143 g/mol. The van der Waals surface area contributed by atoms with Crippen LogP contribution in [0.2, 0.25) is 0 Å². The van der Waals surface area contributed by atoms with Crippen LogP contribution in [-0.4, -0.2) is 0 Å². The summed E-state index contributed by atoms with van der Waals surface area (Å²) in [6.07, 6.45) is 0. The predicted octanol–water partition coefficient (Wildman–Crippen LogP) is 1.20. The van der Waals surface area contributed by atoms with Gasteiger partial charge in [0.25, 0.3) is 0 Å². The van der Waals surface area contributed by atoms with Gasteiger partial charge in [0, 0.05) is 0 Å². The molecule has 0 bridgehead atoms. The van der Waals surface area contributed by atoms with Crippen LogP contribution < -0.4 is 0 Å². The third-order valence-corrected chi connectivity index (χ3v) is 0. The van der Waals surface area contributed by atoms with E-state index in [1.165, 1.54) is 0 Å². The van der Waals surface area contributed by atoms with Gasteiger partial charge >= 0.3 is 17.5 Å². The van der Waals surface area contributed by atoms with E-state index in [4.69, 9.17) is 9.13 Å². The summed E-state index contributed by atoms with van der Waals surface area (Å²) in [6, 6.07) is 0.